The second-order valence-electron chi connectivity index (χ2n) is 9.02. The van der Waals surface area contributed by atoms with Crippen LogP contribution in [-0.2, 0) is 4.79 Å². The van der Waals surface area contributed by atoms with E-state index in [1.54, 1.807) is 0 Å². The van der Waals surface area contributed by atoms with E-state index in [1.165, 1.54) is 18.5 Å². The lowest BCUT2D eigenvalue weighted by atomic mass is 9.98. The molecule has 0 saturated carbocycles. The first-order valence-electron chi connectivity index (χ1n) is 11.8. The number of rotatable bonds is 7. The Labute approximate surface area is 191 Å². The number of hydrogen-bond acceptors (Lipinski definition) is 3. The van der Waals surface area contributed by atoms with Crippen molar-refractivity contribution in [2.75, 3.05) is 18.0 Å². The van der Waals surface area contributed by atoms with Crippen LogP contribution < -0.4 is 15.0 Å². The first-order chi connectivity index (χ1) is 15.5. The number of nitrogens with one attached hydrogen (secondary N) is 1. The summed E-state index contributed by atoms with van der Waals surface area (Å²) in [4.78, 5) is 15.4. The predicted octanol–water partition coefficient (Wildman–Crippen LogP) is 6.11. The van der Waals surface area contributed by atoms with Gasteiger partial charge in [-0.25, -0.2) is 0 Å². The van der Waals surface area contributed by atoms with Crippen molar-refractivity contribution in [3.8, 4) is 5.75 Å². The molecule has 0 bridgehead atoms. The number of piperidine rings is 1. The van der Waals surface area contributed by atoms with Gasteiger partial charge < -0.3 is 15.0 Å². The van der Waals surface area contributed by atoms with Crippen molar-refractivity contribution in [2.45, 2.75) is 52.2 Å². The molecule has 4 rings (SSSR count). The van der Waals surface area contributed by atoms with Crippen molar-refractivity contribution in [3.05, 3.63) is 72.3 Å². The fourth-order valence-corrected chi connectivity index (χ4v) is 4.36. The molecule has 1 amide bonds. The van der Waals surface area contributed by atoms with Crippen LogP contribution in [-0.4, -0.2) is 25.1 Å². The minimum absolute atomic E-state index is 0.0767. The number of nitrogens with zero attached hydrogens (tertiary/aromatic N) is 1. The number of fused-ring (bicyclic) bond motifs is 1. The van der Waals surface area contributed by atoms with Gasteiger partial charge in [-0.2, -0.15) is 0 Å². The zero-order chi connectivity index (χ0) is 22.5. The molecule has 168 valence electrons. The zero-order valence-corrected chi connectivity index (χ0v) is 19.4. The molecule has 0 aliphatic carbocycles. The van der Waals surface area contributed by atoms with Crippen LogP contribution in [0.3, 0.4) is 0 Å². The van der Waals surface area contributed by atoms with Gasteiger partial charge in [0.2, 0.25) is 0 Å². The maximum Gasteiger partial charge on any atom is 0.261 e. The van der Waals surface area contributed by atoms with E-state index in [1.807, 2.05) is 44.2 Å². The minimum atomic E-state index is -0.520. The number of benzene rings is 3. The number of anilines is 1. The third-order valence-corrected chi connectivity index (χ3v) is 6.56. The number of hydrogen-bond donors (Lipinski definition) is 1. The summed E-state index contributed by atoms with van der Waals surface area (Å²) in [5.74, 6) is 1.46. The lowest BCUT2D eigenvalue weighted by molar-refractivity contribution is -0.128. The highest BCUT2D eigenvalue weighted by Crippen LogP contribution is 2.25. The molecule has 4 heteroatoms. The molecule has 0 aromatic heterocycles. The molecule has 4 nitrogen and oxygen atoms in total. The maximum absolute atomic E-state index is 12.9. The summed E-state index contributed by atoms with van der Waals surface area (Å²) in [5, 5.41) is 5.40. The molecular weight excluding hydrogens is 396 g/mol. The van der Waals surface area contributed by atoms with E-state index in [-0.39, 0.29) is 11.9 Å². The van der Waals surface area contributed by atoms with E-state index in [4.69, 9.17) is 4.74 Å². The summed E-state index contributed by atoms with van der Waals surface area (Å²) in [6, 6.07) is 22.6. The van der Waals surface area contributed by atoms with Crippen LogP contribution in [0.25, 0.3) is 10.8 Å². The highest BCUT2D eigenvalue weighted by atomic mass is 16.5. The summed E-state index contributed by atoms with van der Waals surface area (Å²) in [5.41, 5.74) is 2.37. The predicted molar refractivity (Wildman–Crippen MR) is 132 cm³/mol. The van der Waals surface area contributed by atoms with Crippen LogP contribution in [0.2, 0.25) is 0 Å². The Balaban J connectivity index is 1.36. The molecule has 3 aromatic carbocycles. The topological polar surface area (TPSA) is 41.6 Å². The summed E-state index contributed by atoms with van der Waals surface area (Å²) in [6.45, 7) is 8.58. The molecule has 1 heterocycles. The van der Waals surface area contributed by atoms with E-state index in [2.05, 4.69) is 53.5 Å². The molecule has 3 aromatic rings. The minimum Gasteiger partial charge on any atom is -0.481 e. The Kier molecular flexibility index (Phi) is 6.99. The van der Waals surface area contributed by atoms with Crippen LogP contribution in [0, 0.1) is 5.92 Å². The zero-order valence-electron chi connectivity index (χ0n) is 19.4. The fraction of sp³-hybridized carbons (Fsp3) is 0.393. The van der Waals surface area contributed by atoms with E-state index in [9.17, 15) is 4.79 Å². The van der Waals surface area contributed by atoms with Crippen LogP contribution in [0.1, 0.15) is 51.6 Å². The van der Waals surface area contributed by atoms with E-state index in [0.717, 1.165) is 41.1 Å². The number of carbonyl (C=O) groups is 1. The van der Waals surface area contributed by atoms with Crippen LogP contribution in [0.4, 0.5) is 5.69 Å². The Morgan fingerprint density at radius 3 is 2.41 bits per heavy atom. The molecule has 2 atom stereocenters. The van der Waals surface area contributed by atoms with Gasteiger partial charge in [-0.1, -0.05) is 56.3 Å². The van der Waals surface area contributed by atoms with Gasteiger partial charge in [0.1, 0.15) is 5.75 Å². The molecule has 1 aliphatic rings. The van der Waals surface area contributed by atoms with E-state index in [0.29, 0.717) is 6.42 Å². The average molecular weight is 431 g/mol. The van der Waals surface area contributed by atoms with E-state index >= 15 is 0 Å². The van der Waals surface area contributed by atoms with Gasteiger partial charge in [0, 0.05) is 18.8 Å². The van der Waals surface area contributed by atoms with Gasteiger partial charge in [-0.05, 0) is 72.7 Å². The molecular formula is C28H34N2O2. The molecule has 0 unspecified atom stereocenters. The fourth-order valence-electron chi connectivity index (χ4n) is 4.36. The maximum atomic E-state index is 12.9. The highest BCUT2D eigenvalue weighted by Gasteiger charge is 2.21. The smallest absolute Gasteiger partial charge is 0.261 e. The summed E-state index contributed by atoms with van der Waals surface area (Å²) >= 11 is 0. The Bertz CT molecular complexity index is 1040. The third kappa shape index (κ3) is 5.24. The molecule has 1 saturated heterocycles. The van der Waals surface area contributed by atoms with Gasteiger partial charge in [0.15, 0.2) is 6.10 Å². The molecule has 0 radical (unpaired) electrons. The Morgan fingerprint density at radius 1 is 1.03 bits per heavy atom. The van der Waals surface area contributed by atoms with Crippen LogP contribution >= 0.6 is 0 Å². The first kappa shape index (κ1) is 22.2. The van der Waals surface area contributed by atoms with Crippen molar-refractivity contribution in [2.24, 2.45) is 5.92 Å². The molecule has 1 fully saturated rings. The normalized spacial score (nSPS) is 16.5. The SMILES string of the molecule is CC[C@@H](Oc1ccc2ccccc2c1)C(=O)N[C@H](C)c1ccc(N2CCC(C)CC2)cc1. The van der Waals surface area contributed by atoms with Crippen molar-refractivity contribution in [1.82, 2.24) is 5.32 Å². The second-order valence-corrected chi connectivity index (χ2v) is 9.02. The van der Waals surface area contributed by atoms with Crippen molar-refractivity contribution < 1.29 is 9.53 Å². The van der Waals surface area contributed by atoms with Gasteiger partial charge in [-0.3, -0.25) is 4.79 Å². The van der Waals surface area contributed by atoms with Crippen LogP contribution in [0.15, 0.2) is 66.7 Å². The highest BCUT2D eigenvalue weighted by molar-refractivity contribution is 5.84. The largest absolute Gasteiger partial charge is 0.481 e. The summed E-state index contributed by atoms with van der Waals surface area (Å²) < 4.78 is 6.06. The monoisotopic (exact) mass is 430 g/mol. The molecule has 32 heavy (non-hydrogen) atoms. The summed E-state index contributed by atoms with van der Waals surface area (Å²) in [7, 11) is 0. The standard InChI is InChI=1S/C28H34N2O2/c1-4-27(32-26-14-11-23-7-5-6-8-24(23)19-26)28(31)29-21(3)22-9-12-25(13-10-22)30-17-15-20(2)16-18-30/h5-14,19-21,27H,4,15-18H2,1-3H3,(H,29,31)/t21-,27-/m1/s1. The summed E-state index contributed by atoms with van der Waals surface area (Å²) in [6.07, 6.45) is 2.60. The number of amides is 1. The van der Waals surface area contributed by atoms with Gasteiger partial charge in [-0.15, -0.1) is 0 Å². The molecule has 1 N–H and O–H groups in total. The quantitative estimate of drug-likeness (QED) is 0.492. The van der Waals surface area contributed by atoms with Gasteiger partial charge in [0.25, 0.3) is 5.91 Å². The van der Waals surface area contributed by atoms with E-state index < -0.39 is 6.10 Å². The Hall–Kier alpha value is -3.01. The van der Waals surface area contributed by atoms with Gasteiger partial charge >= 0.3 is 0 Å². The third-order valence-electron chi connectivity index (χ3n) is 6.56. The lowest BCUT2D eigenvalue weighted by Crippen LogP contribution is -2.39. The van der Waals surface area contributed by atoms with Crippen molar-refractivity contribution in [3.63, 3.8) is 0 Å². The lowest BCUT2D eigenvalue weighted by Gasteiger charge is -2.32. The molecule has 1 aliphatic heterocycles. The molecule has 0 spiro atoms. The van der Waals surface area contributed by atoms with Crippen LogP contribution in [0.5, 0.6) is 5.75 Å². The Morgan fingerprint density at radius 2 is 1.72 bits per heavy atom. The first-order valence-corrected chi connectivity index (χ1v) is 11.8. The van der Waals surface area contributed by atoms with Gasteiger partial charge in [0.05, 0.1) is 6.04 Å². The second kappa shape index (κ2) is 10.1. The average Bonchev–Trinajstić information content (AvgIpc) is 2.83. The number of carbonyl (C=O) groups excluding carboxylic acids is 1. The van der Waals surface area contributed by atoms with Crippen molar-refractivity contribution >= 4 is 22.4 Å². The van der Waals surface area contributed by atoms with Crippen molar-refractivity contribution in [1.29, 1.82) is 0 Å². The number of ether oxygens (including phenoxy) is 1.